The van der Waals surface area contributed by atoms with Crippen molar-refractivity contribution < 1.29 is 5.11 Å². The fourth-order valence-electron chi connectivity index (χ4n) is 3.91. The smallest absolute Gasteiger partial charge is 0.132 e. The summed E-state index contributed by atoms with van der Waals surface area (Å²) in [5.74, 6) is 1.90. The van der Waals surface area contributed by atoms with Crippen LogP contribution in [0.3, 0.4) is 0 Å². The Morgan fingerprint density at radius 2 is 1.97 bits per heavy atom. The number of nitrogens with one attached hydrogen (secondary N) is 1. The molecule has 160 valence electrons. The van der Waals surface area contributed by atoms with E-state index in [1.165, 1.54) is 18.4 Å². The number of unbranched alkanes of at least 4 members (excludes halogenated alkanes) is 1. The molecule has 0 bridgehead atoms. The SMILES string of the molecule is N#Cc1ccnc(Nc2cc(C3CC3)cc(-c3ccc4c(c3)ncn4CCCCO)n2)c1. The summed E-state index contributed by atoms with van der Waals surface area (Å²) in [6, 6.07) is 16.1. The van der Waals surface area contributed by atoms with Crippen molar-refractivity contribution in [2.45, 2.75) is 38.1 Å². The van der Waals surface area contributed by atoms with E-state index >= 15 is 0 Å². The number of aromatic nitrogens is 4. The van der Waals surface area contributed by atoms with Gasteiger partial charge in [-0.3, -0.25) is 0 Å². The normalized spacial score (nSPS) is 13.2. The zero-order valence-electron chi connectivity index (χ0n) is 17.7. The third-order valence-corrected chi connectivity index (χ3v) is 5.77. The summed E-state index contributed by atoms with van der Waals surface area (Å²) < 4.78 is 2.13. The summed E-state index contributed by atoms with van der Waals surface area (Å²) in [4.78, 5) is 13.7. The largest absolute Gasteiger partial charge is 0.396 e. The molecule has 7 heteroatoms. The van der Waals surface area contributed by atoms with Crippen LogP contribution in [-0.4, -0.2) is 31.2 Å². The molecule has 0 amide bonds. The number of pyridine rings is 2. The van der Waals surface area contributed by atoms with Gasteiger partial charge in [0.1, 0.15) is 11.6 Å². The molecule has 1 saturated carbocycles. The average molecular weight is 425 g/mol. The van der Waals surface area contributed by atoms with Crippen molar-refractivity contribution in [3.63, 3.8) is 0 Å². The summed E-state index contributed by atoms with van der Waals surface area (Å²) in [6.45, 7) is 1.06. The lowest BCUT2D eigenvalue weighted by Gasteiger charge is -2.11. The van der Waals surface area contributed by atoms with Gasteiger partial charge in [-0.25, -0.2) is 15.0 Å². The van der Waals surface area contributed by atoms with Crippen LogP contribution in [0, 0.1) is 11.3 Å². The van der Waals surface area contributed by atoms with E-state index < -0.39 is 0 Å². The molecule has 1 aliphatic rings. The Labute approximate surface area is 186 Å². The molecule has 0 aliphatic heterocycles. The standard InChI is InChI=1S/C25H24N6O/c26-15-17-7-8-27-24(11-17)30-25-14-20(18-3-4-18)13-21(29-25)19-5-6-23-22(12-19)28-16-31(23)9-1-2-10-32/h5-8,11-14,16,18,32H,1-4,9-10H2,(H,27,29,30). The Kier molecular flexibility index (Phi) is 5.53. The zero-order valence-corrected chi connectivity index (χ0v) is 17.7. The highest BCUT2D eigenvalue weighted by Gasteiger charge is 2.25. The van der Waals surface area contributed by atoms with Crippen LogP contribution in [0.2, 0.25) is 0 Å². The van der Waals surface area contributed by atoms with Gasteiger partial charge in [-0.2, -0.15) is 5.26 Å². The molecule has 0 spiro atoms. The number of aliphatic hydroxyl groups excluding tert-OH is 1. The summed E-state index contributed by atoms with van der Waals surface area (Å²) in [6.07, 6.45) is 7.59. The summed E-state index contributed by atoms with van der Waals surface area (Å²) >= 11 is 0. The minimum absolute atomic E-state index is 0.215. The van der Waals surface area contributed by atoms with E-state index in [0.29, 0.717) is 17.3 Å². The molecule has 5 rings (SSSR count). The number of aryl methyl sites for hydroxylation is 1. The Bertz CT molecular complexity index is 1300. The van der Waals surface area contributed by atoms with Crippen molar-refractivity contribution in [2.75, 3.05) is 11.9 Å². The lowest BCUT2D eigenvalue weighted by atomic mass is 10.1. The first-order valence-electron chi connectivity index (χ1n) is 10.9. The van der Waals surface area contributed by atoms with Crippen molar-refractivity contribution in [3.8, 4) is 17.3 Å². The predicted octanol–water partition coefficient (Wildman–Crippen LogP) is 4.76. The van der Waals surface area contributed by atoms with Gasteiger partial charge in [-0.05, 0) is 73.6 Å². The van der Waals surface area contributed by atoms with Crippen LogP contribution in [0.4, 0.5) is 11.6 Å². The van der Waals surface area contributed by atoms with Gasteiger partial charge in [0, 0.05) is 24.9 Å². The zero-order chi connectivity index (χ0) is 21.9. The number of hydrogen-bond donors (Lipinski definition) is 2. The highest BCUT2D eigenvalue weighted by atomic mass is 16.2. The number of aliphatic hydroxyl groups is 1. The topological polar surface area (TPSA) is 99.7 Å². The van der Waals surface area contributed by atoms with Crippen LogP contribution in [0.5, 0.6) is 0 Å². The number of fused-ring (bicyclic) bond motifs is 1. The van der Waals surface area contributed by atoms with E-state index in [1.54, 1.807) is 18.3 Å². The second kappa shape index (κ2) is 8.77. The molecular weight excluding hydrogens is 400 g/mol. The van der Waals surface area contributed by atoms with Crippen LogP contribution in [0.15, 0.2) is 55.0 Å². The van der Waals surface area contributed by atoms with Gasteiger partial charge >= 0.3 is 0 Å². The molecule has 0 unspecified atom stereocenters. The first kappa shape index (κ1) is 20.2. The minimum Gasteiger partial charge on any atom is -0.396 e. The Morgan fingerprint density at radius 3 is 2.78 bits per heavy atom. The molecule has 2 N–H and O–H groups in total. The van der Waals surface area contributed by atoms with Crippen molar-refractivity contribution in [2.24, 2.45) is 0 Å². The highest BCUT2D eigenvalue weighted by molar-refractivity contribution is 5.82. The van der Waals surface area contributed by atoms with E-state index in [0.717, 1.165) is 47.5 Å². The fraction of sp³-hybridized carbons (Fsp3) is 0.280. The molecule has 3 heterocycles. The predicted molar refractivity (Wildman–Crippen MR) is 123 cm³/mol. The van der Waals surface area contributed by atoms with Crippen LogP contribution in [0.1, 0.15) is 42.7 Å². The molecule has 1 fully saturated rings. The highest BCUT2D eigenvalue weighted by Crippen LogP contribution is 2.42. The molecule has 1 aromatic carbocycles. The molecule has 1 aliphatic carbocycles. The minimum atomic E-state index is 0.215. The number of benzene rings is 1. The maximum Gasteiger partial charge on any atom is 0.132 e. The molecule has 4 aromatic rings. The van der Waals surface area contributed by atoms with Gasteiger partial charge in [-0.1, -0.05) is 6.07 Å². The van der Waals surface area contributed by atoms with Gasteiger partial charge in [0.05, 0.1) is 34.7 Å². The second-order valence-corrected chi connectivity index (χ2v) is 8.18. The second-order valence-electron chi connectivity index (χ2n) is 8.18. The van der Waals surface area contributed by atoms with Crippen LogP contribution in [-0.2, 0) is 6.54 Å². The van der Waals surface area contributed by atoms with E-state index in [-0.39, 0.29) is 6.61 Å². The quantitative estimate of drug-likeness (QED) is 0.396. The summed E-state index contributed by atoms with van der Waals surface area (Å²) in [5.41, 5.74) is 5.75. The Balaban J connectivity index is 1.47. The van der Waals surface area contributed by atoms with Gasteiger partial charge < -0.3 is 15.0 Å². The maximum absolute atomic E-state index is 9.15. The van der Waals surface area contributed by atoms with Gasteiger partial charge in [0.2, 0.25) is 0 Å². The molecule has 32 heavy (non-hydrogen) atoms. The maximum atomic E-state index is 9.15. The molecule has 7 nitrogen and oxygen atoms in total. The molecule has 0 atom stereocenters. The van der Waals surface area contributed by atoms with Crippen molar-refractivity contribution in [1.29, 1.82) is 5.26 Å². The first-order valence-corrected chi connectivity index (χ1v) is 10.9. The lowest BCUT2D eigenvalue weighted by molar-refractivity contribution is 0.281. The Morgan fingerprint density at radius 1 is 1.06 bits per heavy atom. The molecular formula is C25H24N6O. The van der Waals surface area contributed by atoms with Gasteiger partial charge in [0.25, 0.3) is 0 Å². The first-order chi connectivity index (χ1) is 15.7. The Hall–Kier alpha value is -3.76. The fourth-order valence-corrected chi connectivity index (χ4v) is 3.91. The third kappa shape index (κ3) is 4.32. The number of anilines is 2. The van der Waals surface area contributed by atoms with Gasteiger partial charge in [0.15, 0.2) is 0 Å². The molecule has 0 saturated heterocycles. The number of rotatable bonds is 8. The van der Waals surface area contributed by atoms with E-state index in [9.17, 15) is 0 Å². The average Bonchev–Trinajstić information content (AvgIpc) is 3.60. The van der Waals surface area contributed by atoms with Crippen molar-refractivity contribution in [1.82, 2.24) is 19.5 Å². The van der Waals surface area contributed by atoms with E-state index in [4.69, 9.17) is 15.4 Å². The molecule has 0 radical (unpaired) electrons. The monoisotopic (exact) mass is 424 g/mol. The van der Waals surface area contributed by atoms with Crippen LogP contribution in [0.25, 0.3) is 22.3 Å². The molecule has 3 aromatic heterocycles. The summed E-state index contributed by atoms with van der Waals surface area (Å²) in [7, 11) is 0. The number of nitrogens with zero attached hydrogens (tertiary/aromatic N) is 5. The van der Waals surface area contributed by atoms with Crippen LogP contribution < -0.4 is 5.32 Å². The lowest BCUT2D eigenvalue weighted by Crippen LogP contribution is -1.99. The van der Waals surface area contributed by atoms with Crippen molar-refractivity contribution in [3.05, 3.63) is 66.1 Å². The summed E-state index contributed by atoms with van der Waals surface area (Å²) in [5, 5.41) is 21.4. The van der Waals surface area contributed by atoms with Crippen LogP contribution >= 0.6 is 0 Å². The number of hydrogen-bond acceptors (Lipinski definition) is 6. The van der Waals surface area contributed by atoms with E-state index in [2.05, 4.69) is 56.3 Å². The third-order valence-electron chi connectivity index (χ3n) is 5.77. The van der Waals surface area contributed by atoms with Crippen molar-refractivity contribution >= 4 is 22.7 Å². The van der Waals surface area contributed by atoms with Gasteiger partial charge in [-0.15, -0.1) is 0 Å². The number of imidazole rings is 1. The van der Waals surface area contributed by atoms with E-state index in [1.807, 2.05) is 6.33 Å². The number of nitriles is 1.